The van der Waals surface area contributed by atoms with Gasteiger partial charge in [0.1, 0.15) is 0 Å². The van der Waals surface area contributed by atoms with Crippen molar-refractivity contribution >= 4 is 0 Å². The Morgan fingerprint density at radius 3 is 2.68 bits per heavy atom. The molecule has 0 radical (unpaired) electrons. The number of phenolic OH excluding ortho intramolecular Hbond substituents is 1. The van der Waals surface area contributed by atoms with Crippen LogP contribution in [0.15, 0.2) is 6.07 Å². The fourth-order valence-corrected chi connectivity index (χ4v) is 3.21. The molecule has 1 aromatic rings. The van der Waals surface area contributed by atoms with Gasteiger partial charge in [0.15, 0.2) is 11.5 Å². The zero-order chi connectivity index (χ0) is 13.5. The number of hydrogen-bond donors (Lipinski definition) is 2. The summed E-state index contributed by atoms with van der Waals surface area (Å²) in [5.74, 6) is -0.701. The van der Waals surface area contributed by atoms with Crippen LogP contribution in [0.4, 0.5) is 4.39 Å². The minimum atomic E-state index is -0.733. The molecule has 1 aromatic carbocycles. The smallest absolute Gasteiger partial charge is 0.231 e. The number of nitrogens with two attached hydrogens (primary N) is 1. The molecular formula is C14H18FNO3. The summed E-state index contributed by atoms with van der Waals surface area (Å²) in [7, 11) is 0. The lowest BCUT2D eigenvalue weighted by atomic mass is 9.69. The van der Waals surface area contributed by atoms with Crippen molar-refractivity contribution in [2.24, 2.45) is 5.73 Å². The van der Waals surface area contributed by atoms with Gasteiger partial charge in [-0.15, -0.1) is 0 Å². The molecule has 3 rings (SSSR count). The molecule has 0 spiro atoms. The first-order valence-corrected chi connectivity index (χ1v) is 6.69. The molecular weight excluding hydrogens is 249 g/mol. The van der Waals surface area contributed by atoms with Crippen LogP contribution < -0.4 is 15.2 Å². The van der Waals surface area contributed by atoms with Crippen molar-refractivity contribution in [3.63, 3.8) is 0 Å². The zero-order valence-corrected chi connectivity index (χ0v) is 10.7. The van der Waals surface area contributed by atoms with E-state index in [-0.39, 0.29) is 23.7 Å². The maximum Gasteiger partial charge on any atom is 0.231 e. The second kappa shape index (κ2) is 4.56. The zero-order valence-electron chi connectivity index (χ0n) is 10.7. The van der Waals surface area contributed by atoms with Crippen LogP contribution >= 0.6 is 0 Å². The average molecular weight is 267 g/mol. The van der Waals surface area contributed by atoms with Crippen LogP contribution in [-0.2, 0) is 5.41 Å². The number of hydrogen-bond acceptors (Lipinski definition) is 4. The number of benzene rings is 1. The number of fused-ring (bicyclic) bond motifs is 1. The van der Waals surface area contributed by atoms with Crippen molar-refractivity contribution in [1.29, 1.82) is 0 Å². The molecule has 0 amide bonds. The first-order chi connectivity index (χ1) is 9.18. The molecule has 1 aliphatic carbocycles. The van der Waals surface area contributed by atoms with Gasteiger partial charge in [-0.3, -0.25) is 0 Å². The van der Waals surface area contributed by atoms with Crippen LogP contribution in [0.3, 0.4) is 0 Å². The Morgan fingerprint density at radius 1 is 1.26 bits per heavy atom. The molecule has 1 saturated carbocycles. The van der Waals surface area contributed by atoms with Gasteiger partial charge in [-0.2, -0.15) is 4.39 Å². The van der Waals surface area contributed by atoms with E-state index in [1.54, 1.807) is 6.07 Å². The number of aromatic hydroxyl groups is 1. The molecule has 3 N–H and O–H groups in total. The van der Waals surface area contributed by atoms with Crippen molar-refractivity contribution in [2.45, 2.75) is 37.5 Å². The van der Waals surface area contributed by atoms with Gasteiger partial charge in [-0.25, -0.2) is 0 Å². The molecule has 0 unspecified atom stereocenters. The number of phenols is 1. The van der Waals surface area contributed by atoms with Gasteiger partial charge in [-0.1, -0.05) is 19.3 Å². The Bertz CT molecular complexity index is 498. The van der Waals surface area contributed by atoms with Gasteiger partial charge in [-0.05, 0) is 18.9 Å². The molecule has 19 heavy (non-hydrogen) atoms. The average Bonchev–Trinajstić information content (AvgIpc) is 2.92. The molecule has 104 valence electrons. The maximum atomic E-state index is 14.1. The van der Waals surface area contributed by atoms with Crippen molar-refractivity contribution in [3.8, 4) is 17.2 Å². The molecule has 5 heteroatoms. The van der Waals surface area contributed by atoms with Crippen LogP contribution in [0.1, 0.15) is 37.7 Å². The van der Waals surface area contributed by atoms with Gasteiger partial charge in [0.05, 0.1) is 0 Å². The van der Waals surface area contributed by atoms with Crippen LogP contribution in [0.25, 0.3) is 0 Å². The van der Waals surface area contributed by atoms with Crippen LogP contribution in [0.2, 0.25) is 0 Å². The van der Waals surface area contributed by atoms with E-state index >= 15 is 0 Å². The maximum absolute atomic E-state index is 14.1. The van der Waals surface area contributed by atoms with E-state index in [1.807, 2.05) is 0 Å². The first-order valence-electron chi connectivity index (χ1n) is 6.69. The summed E-state index contributed by atoms with van der Waals surface area (Å²) in [5.41, 5.74) is 6.15. The minimum absolute atomic E-state index is 0.00392. The Labute approximate surface area is 111 Å². The van der Waals surface area contributed by atoms with Gasteiger partial charge in [0.25, 0.3) is 0 Å². The molecule has 0 aromatic heterocycles. The Balaban J connectivity index is 2.11. The molecule has 1 aliphatic heterocycles. The van der Waals surface area contributed by atoms with Crippen LogP contribution in [-0.4, -0.2) is 18.4 Å². The number of halogens is 1. The fraction of sp³-hybridized carbons (Fsp3) is 0.571. The quantitative estimate of drug-likeness (QED) is 0.863. The lowest BCUT2D eigenvalue weighted by Gasteiger charge is -2.37. The Hall–Kier alpha value is -1.49. The highest BCUT2D eigenvalue weighted by atomic mass is 19.1. The number of ether oxygens (including phenoxy) is 2. The summed E-state index contributed by atoms with van der Waals surface area (Å²) in [6, 6.07) is 1.69. The summed E-state index contributed by atoms with van der Waals surface area (Å²) >= 11 is 0. The summed E-state index contributed by atoms with van der Waals surface area (Å²) in [6.07, 6.45) is 5.00. The van der Waals surface area contributed by atoms with E-state index in [0.29, 0.717) is 17.9 Å². The fourth-order valence-electron chi connectivity index (χ4n) is 3.21. The highest BCUT2D eigenvalue weighted by Gasteiger charge is 2.38. The topological polar surface area (TPSA) is 64.7 Å². The van der Waals surface area contributed by atoms with Gasteiger partial charge in [0, 0.05) is 17.5 Å². The summed E-state index contributed by atoms with van der Waals surface area (Å²) in [4.78, 5) is 0. The van der Waals surface area contributed by atoms with E-state index < -0.39 is 5.82 Å². The van der Waals surface area contributed by atoms with Crippen molar-refractivity contribution < 1.29 is 19.0 Å². The van der Waals surface area contributed by atoms with Crippen LogP contribution in [0, 0.1) is 5.82 Å². The summed E-state index contributed by atoms with van der Waals surface area (Å²) in [5, 5.41) is 10.1. The Kier molecular flexibility index (Phi) is 3.01. The summed E-state index contributed by atoms with van der Waals surface area (Å²) in [6.45, 7) is 0.393. The Morgan fingerprint density at radius 2 is 2.00 bits per heavy atom. The molecule has 1 fully saturated rings. The van der Waals surface area contributed by atoms with E-state index in [0.717, 1.165) is 32.1 Å². The van der Waals surface area contributed by atoms with Crippen LogP contribution in [0.5, 0.6) is 17.2 Å². The lowest BCUT2D eigenvalue weighted by molar-refractivity contribution is 0.170. The highest BCUT2D eigenvalue weighted by molar-refractivity contribution is 5.55. The van der Waals surface area contributed by atoms with Gasteiger partial charge in [0.2, 0.25) is 18.4 Å². The standard InChI is InChI=1S/C14H18FNO3/c15-11-12(17)9(6-10-13(11)19-8-18-10)14(7-16)4-2-1-3-5-14/h6,17H,1-5,7-8,16H2. The third kappa shape index (κ3) is 1.84. The number of rotatable bonds is 2. The second-order valence-corrected chi connectivity index (χ2v) is 5.37. The van der Waals surface area contributed by atoms with Crippen molar-refractivity contribution in [3.05, 3.63) is 17.4 Å². The SMILES string of the molecule is NCC1(c2cc3c(c(F)c2O)OCO3)CCCCC1. The monoisotopic (exact) mass is 267 g/mol. The molecule has 0 bridgehead atoms. The molecule has 4 nitrogen and oxygen atoms in total. The van der Waals surface area contributed by atoms with E-state index in [4.69, 9.17) is 15.2 Å². The second-order valence-electron chi connectivity index (χ2n) is 5.37. The minimum Gasteiger partial charge on any atom is -0.505 e. The molecule has 0 atom stereocenters. The molecule has 1 heterocycles. The lowest BCUT2D eigenvalue weighted by Crippen LogP contribution is -2.37. The predicted octanol–water partition coefficient (Wildman–Crippen LogP) is 2.42. The highest BCUT2D eigenvalue weighted by Crippen LogP contribution is 2.49. The van der Waals surface area contributed by atoms with E-state index in [1.165, 1.54) is 0 Å². The third-order valence-electron chi connectivity index (χ3n) is 4.35. The normalized spacial score (nSPS) is 20.5. The van der Waals surface area contributed by atoms with Crippen molar-refractivity contribution in [2.75, 3.05) is 13.3 Å². The molecule has 0 saturated heterocycles. The molecule has 2 aliphatic rings. The summed E-state index contributed by atoms with van der Waals surface area (Å²) < 4.78 is 24.4. The third-order valence-corrected chi connectivity index (χ3v) is 4.35. The van der Waals surface area contributed by atoms with Gasteiger partial charge >= 0.3 is 0 Å². The van der Waals surface area contributed by atoms with E-state index in [2.05, 4.69) is 0 Å². The first kappa shape index (κ1) is 12.5. The predicted molar refractivity (Wildman–Crippen MR) is 68.0 cm³/mol. The van der Waals surface area contributed by atoms with Crippen molar-refractivity contribution in [1.82, 2.24) is 0 Å². The largest absolute Gasteiger partial charge is 0.505 e. The van der Waals surface area contributed by atoms with Gasteiger partial charge < -0.3 is 20.3 Å². The van der Waals surface area contributed by atoms with E-state index in [9.17, 15) is 9.50 Å².